The maximum Gasteiger partial charge on any atom is 0.128 e. The van der Waals surface area contributed by atoms with Crippen molar-refractivity contribution in [3.8, 4) is 0 Å². The normalized spacial score (nSPS) is 21.6. The zero-order valence-corrected chi connectivity index (χ0v) is 9.95. The molecule has 2 nitrogen and oxygen atoms in total. The van der Waals surface area contributed by atoms with Gasteiger partial charge in [-0.2, -0.15) is 0 Å². The average molecular weight is 216 g/mol. The van der Waals surface area contributed by atoms with Crippen LogP contribution >= 0.6 is 0 Å². The van der Waals surface area contributed by atoms with E-state index in [1.165, 1.54) is 19.3 Å². The van der Waals surface area contributed by atoms with E-state index >= 15 is 0 Å². The van der Waals surface area contributed by atoms with Crippen LogP contribution in [0.25, 0.3) is 0 Å². The van der Waals surface area contributed by atoms with Gasteiger partial charge in [0.15, 0.2) is 0 Å². The van der Waals surface area contributed by atoms with Crippen LogP contribution in [0.2, 0.25) is 0 Å². The molecule has 1 aromatic carbocycles. The van der Waals surface area contributed by atoms with Crippen LogP contribution < -0.4 is 0 Å². The lowest BCUT2D eigenvalue weighted by Gasteiger charge is -2.23. The summed E-state index contributed by atoms with van der Waals surface area (Å²) < 4.78 is 0. The Hall–Kier alpha value is -1.31. The van der Waals surface area contributed by atoms with E-state index in [0.717, 1.165) is 24.6 Å². The molecular weight excluding hydrogens is 196 g/mol. The fraction of sp³-hybridized carbons (Fsp3) is 0.500. The van der Waals surface area contributed by atoms with Gasteiger partial charge in [0.05, 0.1) is 0 Å². The van der Waals surface area contributed by atoms with Crippen LogP contribution in [0, 0.1) is 11.3 Å². The summed E-state index contributed by atoms with van der Waals surface area (Å²) in [6, 6.07) is 10.1. The molecule has 0 spiro atoms. The lowest BCUT2D eigenvalue weighted by atomic mass is 10.0. The smallest absolute Gasteiger partial charge is 0.128 e. The largest absolute Gasteiger partial charge is 0.357 e. The molecule has 1 unspecified atom stereocenters. The van der Waals surface area contributed by atoms with E-state index in [1.807, 2.05) is 30.3 Å². The highest BCUT2D eigenvalue weighted by Gasteiger charge is 2.16. The predicted molar refractivity (Wildman–Crippen MR) is 67.9 cm³/mol. The number of amidine groups is 1. The highest BCUT2D eigenvalue weighted by Crippen LogP contribution is 2.18. The van der Waals surface area contributed by atoms with Crippen molar-refractivity contribution in [2.45, 2.75) is 26.2 Å². The van der Waals surface area contributed by atoms with Crippen LogP contribution in [0.4, 0.5) is 0 Å². The van der Waals surface area contributed by atoms with Gasteiger partial charge in [-0.25, -0.2) is 0 Å². The predicted octanol–water partition coefficient (Wildman–Crippen LogP) is 3.13. The van der Waals surface area contributed by atoms with Crippen LogP contribution in [-0.2, 0) is 0 Å². The van der Waals surface area contributed by atoms with Crippen molar-refractivity contribution in [2.24, 2.45) is 5.92 Å². The number of hydrogen-bond acceptors (Lipinski definition) is 1. The van der Waals surface area contributed by atoms with E-state index in [2.05, 4.69) is 11.8 Å². The third-order valence-corrected chi connectivity index (χ3v) is 3.38. The lowest BCUT2D eigenvalue weighted by Crippen LogP contribution is -2.31. The van der Waals surface area contributed by atoms with Gasteiger partial charge in [-0.1, -0.05) is 37.3 Å². The molecule has 0 radical (unpaired) electrons. The summed E-state index contributed by atoms with van der Waals surface area (Å²) in [5, 5.41) is 8.21. The molecule has 1 heterocycles. The summed E-state index contributed by atoms with van der Waals surface area (Å²) in [7, 11) is 0. The Morgan fingerprint density at radius 1 is 1.19 bits per heavy atom. The first-order valence-electron chi connectivity index (χ1n) is 6.16. The van der Waals surface area contributed by atoms with Crippen molar-refractivity contribution in [3.05, 3.63) is 35.9 Å². The summed E-state index contributed by atoms with van der Waals surface area (Å²) in [6.07, 6.45) is 3.74. The van der Waals surface area contributed by atoms with Crippen molar-refractivity contribution in [3.63, 3.8) is 0 Å². The zero-order chi connectivity index (χ0) is 11.4. The van der Waals surface area contributed by atoms with Crippen LogP contribution in [-0.4, -0.2) is 23.8 Å². The topological polar surface area (TPSA) is 27.1 Å². The Morgan fingerprint density at radius 3 is 2.69 bits per heavy atom. The Kier molecular flexibility index (Phi) is 3.60. The fourth-order valence-corrected chi connectivity index (χ4v) is 2.27. The second-order valence-electron chi connectivity index (χ2n) is 4.74. The molecule has 1 aliphatic rings. The van der Waals surface area contributed by atoms with Gasteiger partial charge in [0.25, 0.3) is 0 Å². The maximum absolute atomic E-state index is 8.21. The molecular formula is C14H20N2. The fourth-order valence-electron chi connectivity index (χ4n) is 2.27. The highest BCUT2D eigenvalue weighted by molar-refractivity contribution is 5.96. The first kappa shape index (κ1) is 11.2. The molecule has 0 saturated carbocycles. The SMILES string of the molecule is CC1CCCN(C(=N)c2ccccc2)CC1. The quantitative estimate of drug-likeness (QED) is 0.566. The van der Waals surface area contributed by atoms with Gasteiger partial charge in [-0.3, -0.25) is 5.41 Å². The van der Waals surface area contributed by atoms with E-state index in [9.17, 15) is 0 Å². The molecule has 1 aromatic rings. The molecule has 1 aliphatic heterocycles. The van der Waals surface area contributed by atoms with Gasteiger partial charge < -0.3 is 4.90 Å². The molecule has 16 heavy (non-hydrogen) atoms. The van der Waals surface area contributed by atoms with Gasteiger partial charge in [0.1, 0.15) is 5.84 Å². The number of nitrogens with zero attached hydrogens (tertiary/aromatic N) is 1. The second-order valence-corrected chi connectivity index (χ2v) is 4.74. The van der Waals surface area contributed by atoms with Gasteiger partial charge in [0.2, 0.25) is 0 Å². The third kappa shape index (κ3) is 2.63. The van der Waals surface area contributed by atoms with Crippen molar-refractivity contribution < 1.29 is 0 Å². The van der Waals surface area contributed by atoms with E-state index in [-0.39, 0.29) is 0 Å². The molecule has 0 amide bonds. The molecule has 1 saturated heterocycles. The summed E-state index contributed by atoms with van der Waals surface area (Å²) in [5.74, 6) is 1.50. The number of benzene rings is 1. The van der Waals surface area contributed by atoms with Crippen LogP contribution in [0.3, 0.4) is 0 Å². The Labute approximate surface area is 97.8 Å². The summed E-state index contributed by atoms with van der Waals surface area (Å²) in [5.41, 5.74) is 1.04. The van der Waals surface area contributed by atoms with E-state index < -0.39 is 0 Å². The minimum absolute atomic E-state index is 0.690. The van der Waals surface area contributed by atoms with Crippen molar-refractivity contribution in [1.82, 2.24) is 4.90 Å². The van der Waals surface area contributed by atoms with E-state index in [1.54, 1.807) is 0 Å². The minimum atomic E-state index is 0.690. The Bertz CT molecular complexity index is 345. The Morgan fingerprint density at radius 2 is 1.94 bits per heavy atom. The third-order valence-electron chi connectivity index (χ3n) is 3.38. The second kappa shape index (κ2) is 5.15. The molecule has 1 atom stereocenters. The zero-order valence-electron chi connectivity index (χ0n) is 9.95. The standard InChI is InChI=1S/C14H20N2/c1-12-6-5-10-16(11-9-12)14(15)13-7-3-2-4-8-13/h2-4,7-8,12,15H,5-6,9-11H2,1H3. The monoisotopic (exact) mass is 216 g/mol. The summed E-state index contributed by atoms with van der Waals surface area (Å²) in [4.78, 5) is 2.22. The van der Waals surface area contributed by atoms with Gasteiger partial charge in [-0.05, 0) is 25.2 Å². The number of rotatable bonds is 1. The van der Waals surface area contributed by atoms with E-state index in [0.29, 0.717) is 5.84 Å². The molecule has 0 bridgehead atoms. The average Bonchev–Trinajstić information content (AvgIpc) is 2.54. The van der Waals surface area contributed by atoms with Crippen molar-refractivity contribution in [1.29, 1.82) is 5.41 Å². The van der Waals surface area contributed by atoms with Crippen LogP contribution in [0.5, 0.6) is 0 Å². The summed E-state index contributed by atoms with van der Waals surface area (Å²) in [6.45, 7) is 4.39. The molecule has 2 rings (SSSR count). The molecule has 0 aromatic heterocycles. The first-order valence-corrected chi connectivity index (χ1v) is 6.16. The highest BCUT2D eigenvalue weighted by atomic mass is 15.2. The van der Waals surface area contributed by atoms with Crippen LogP contribution in [0.1, 0.15) is 31.7 Å². The molecule has 1 N–H and O–H groups in total. The molecule has 86 valence electrons. The number of nitrogens with one attached hydrogen (secondary N) is 1. The maximum atomic E-state index is 8.21. The summed E-state index contributed by atoms with van der Waals surface area (Å²) >= 11 is 0. The van der Waals surface area contributed by atoms with Gasteiger partial charge in [0, 0.05) is 18.7 Å². The number of likely N-dealkylation sites (tertiary alicyclic amines) is 1. The van der Waals surface area contributed by atoms with Crippen LogP contribution in [0.15, 0.2) is 30.3 Å². The minimum Gasteiger partial charge on any atom is -0.357 e. The van der Waals surface area contributed by atoms with Crippen molar-refractivity contribution >= 4 is 5.84 Å². The number of hydrogen-bond donors (Lipinski definition) is 1. The molecule has 1 fully saturated rings. The lowest BCUT2D eigenvalue weighted by molar-refractivity contribution is 0.423. The van der Waals surface area contributed by atoms with Gasteiger partial charge in [-0.15, -0.1) is 0 Å². The van der Waals surface area contributed by atoms with Gasteiger partial charge >= 0.3 is 0 Å². The van der Waals surface area contributed by atoms with Crippen molar-refractivity contribution in [2.75, 3.05) is 13.1 Å². The molecule has 2 heteroatoms. The Balaban J connectivity index is 2.04. The molecule has 0 aliphatic carbocycles. The first-order chi connectivity index (χ1) is 7.77. The van der Waals surface area contributed by atoms with E-state index in [4.69, 9.17) is 5.41 Å².